The predicted octanol–water partition coefficient (Wildman–Crippen LogP) is 4.79. The van der Waals surface area contributed by atoms with Crippen LogP contribution in [0.3, 0.4) is 0 Å². The Morgan fingerprint density at radius 3 is 2.41 bits per heavy atom. The first-order valence-corrected chi connectivity index (χ1v) is 11.0. The van der Waals surface area contributed by atoms with Gasteiger partial charge in [0.15, 0.2) is 22.4 Å². The first kappa shape index (κ1) is 23.6. The van der Waals surface area contributed by atoms with Crippen LogP contribution >= 0.6 is 12.2 Å². The lowest BCUT2D eigenvalue weighted by atomic mass is 9.92. The van der Waals surface area contributed by atoms with Crippen molar-refractivity contribution in [2.45, 2.75) is 39.8 Å². The normalized spacial score (nSPS) is 16.0. The van der Waals surface area contributed by atoms with Crippen LogP contribution in [0.1, 0.15) is 44.4 Å². The Kier molecular flexibility index (Phi) is 7.75. The molecule has 1 aliphatic heterocycles. The molecule has 0 saturated carbocycles. The number of hydrogen-bond donors (Lipinski definition) is 1. The maximum absolute atomic E-state index is 12.5. The second-order valence-electron chi connectivity index (χ2n) is 7.64. The molecule has 6 nitrogen and oxygen atoms in total. The zero-order valence-corrected chi connectivity index (χ0v) is 20.0. The largest absolute Gasteiger partial charge is 0.497 e. The van der Waals surface area contributed by atoms with Crippen molar-refractivity contribution in [1.82, 2.24) is 10.2 Å². The summed E-state index contributed by atoms with van der Waals surface area (Å²) in [6, 6.07) is 13.1. The number of nitrogens with zero attached hydrogens (tertiary/aromatic N) is 1. The van der Waals surface area contributed by atoms with Crippen molar-refractivity contribution in [3.63, 3.8) is 0 Å². The maximum Gasteiger partial charge on any atom is 0.173 e. The van der Waals surface area contributed by atoms with Crippen LogP contribution in [0.2, 0.25) is 0 Å². The van der Waals surface area contributed by atoms with Gasteiger partial charge in [-0.2, -0.15) is 0 Å². The third-order valence-electron chi connectivity index (χ3n) is 5.50. The zero-order valence-electron chi connectivity index (χ0n) is 19.2. The fraction of sp³-hybridized carbons (Fsp3) is 0.360. The van der Waals surface area contributed by atoms with Crippen LogP contribution in [0.25, 0.3) is 0 Å². The van der Waals surface area contributed by atoms with E-state index in [1.165, 1.54) is 0 Å². The van der Waals surface area contributed by atoms with E-state index in [1.807, 2.05) is 54.3 Å². The number of Topliss-reactive ketones (excluding diaryl/α,β-unsaturated/α-hetero) is 1. The van der Waals surface area contributed by atoms with Gasteiger partial charge in [-0.15, -0.1) is 0 Å². The molecule has 1 unspecified atom stereocenters. The van der Waals surface area contributed by atoms with Gasteiger partial charge in [0.2, 0.25) is 0 Å². The Morgan fingerprint density at radius 2 is 1.81 bits per heavy atom. The van der Waals surface area contributed by atoms with Gasteiger partial charge in [0.05, 0.1) is 20.3 Å². The molecule has 32 heavy (non-hydrogen) atoms. The molecule has 0 saturated heterocycles. The first-order valence-electron chi connectivity index (χ1n) is 10.6. The highest BCUT2D eigenvalue weighted by atomic mass is 32.1. The molecule has 2 aromatic carbocycles. The van der Waals surface area contributed by atoms with E-state index >= 15 is 0 Å². The second-order valence-corrected chi connectivity index (χ2v) is 8.02. The van der Waals surface area contributed by atoms with Gasteiger partial charge in [-0.3, -0.25) is 4.79 Å². The number of methoxy groups -OCH3 is 2. The Hall–Kier alpha value is -3.06. The fourth-order valence-electron chi connectivity index (χ4n) is 3.85. The van der Waals surface area contributed by atoms with Gasteiger partial charge in [-0.05, 0) is 67.9 Å². The SMILES string of the molecule is CCCN1C(=S)NC(c2ccc(OCc3ccc(OC)cc3)c(OC)c2)C(C(C)=O)=C1C. The number of rotatable bonds is 9. The number of allylic oxidation sites excluding steroid dienone is 1. The molecule has 0 aliphatic carbocycles. The van der Waals surface area contributed by atoms with Crippen molar-refractivity contribution in [2.24, 2.45) is 0 Å². The van der Waals surface area contributed by atoms with Crippen molar-refractivity contribution in [1.29, 1.82) is 0 Å². The molecule has 0 fully saturated rings. The summed E-state index contributed by atoms with van der Waals surface area (Å²) in [6.07, 6.45) is 0.934. The molecule has 7 heteroatoms. The highest BCUT2D eigenvalue weighted by Crippen LogP contribution is 2.36. The van der Waals surface area contributed by atoms with Gasteiger partial charge in [-0.1, -0.05) is 25.1 Å². The summed E-state index contributed by atoms with van der Waals surface area (Å²) in [5.74, 6) is 2.04. The molecule has 0 amide bonds. The van der Waals surface area contributed by atoms with E-state index in [4.69, 9.17) is 26.4 Å². The number of hydrogen-bond acceptors (Lipinski definition) is 5. The van der Waals surface area contributed by atoms with Crippen LogP contribution in [-0.2, 0) is 11.4 Å². The van der Waals surface area contributed by atoms with Crippen molar-refractivity contribution in [2.75, 3.05) is 20.8 Å². The zero-order chi connectivity index (χ0) is 23.3. The molecule has 1 atom stereocenters. The first-order chi connectivity index (χ1) is 15.4. The van der Waals surface area contributed by atoms with Crippen LogP contribution in [0.5, 0.6) is 17.2 Å². The van der Waals surface area contributed by atoms with Crippen molar-refractivity contribution in [3.8, 4) is 17.2 Å². The molecule has 2 aromatic rings. The van der Waals surface area contributed by atoms with Crippen molar-refractivity contribution < 1.29 is 19.0 Å². The average Bonchev–Trinajstić information content (AvgIpc) is 2.79. The lowest BCUT2D eigenvalue weighted by Crippen LogP contribution is -2.47. The number of carbonyl (C=O) groups excluding carboxylic acids is 1. The van der Waals surface area contributed by atoms with Gasteiger partial charge in [-0.25, -0.2) is 0 Å². The summed E-state index contributed by atoms with van der Waals surface area (Å²) in [5.41, 5.74) is 3.51. The third kappa shape index (κ3) is 5.05. The lowest BCUT2D eigenvalue weighted by molar-refractivity contribution is -0.114. The standard InChI is InChI=1S/C25H30N2O4S/c1-6-13-27-16(2)23(17(3)28)24(26-25(27)32)19-9-12-21(22(14-19)30-5)31-15-18-7-10-20(29-4)11-8-18/h7-12,14,24H,6,13,15H2,1-5H3,(H,26,32). The quantitative estimate of drug-likeness (QED) is 0.547. The Balaban J connectivity index is 1.86. The van der Waals surface area contributed by atoms with E-state index in [-0.39, 0.29) is 11.8 Å². The maximum atomic E-state index is 12.5. The molecule has 0 aromatic heterocycles. The van der Waals surface area contributed by atoms with Crippen molar-refractivity contribution >= 4 is 23.1 Å². The van der Waals surface area contributed by atoms with Crippen LogP contribution in [0, 0.1) is 0 Å². The van der Waals surface area contributed by atoms with Crippen LogP contribution in [0.15, 0.2) is 53.7 Å². The smallest absolute Gasteiger partial charge is 0.173 e. The molecule has 1 aliphatic rings. The number of thiocarbonyl (C=S) groups is 1. The summed E-state index contributed by atoms with van der Waals surface area (Å²) in [5, 5.41) is 3.96. The molecule has 1 heterocycles. The Morgan fingerprint density at radius 1 is 1.09 bits per heavy atom. The monoisotopic (exact) mass is 454 g/mol. The van der Waals surface area contributed by atoms with Crippen LogP contribution in [0.4, 0.5) is 0 Å². The molecule has 1 N–H and O–H groups in total. The summed E-state index contributed by atoms with van der Waals surface area (Å²) in [4.78, 5) is 14.5. The van der Waals surface area contributed by atoms with E-state index in [1.54, 1.807) is 21.1 Å². The highest BCUT2D eigenvalue weighted by Gasteiger charge is 2.32. The summed E-state index contributed by atoms with van der Waals surface area (Å²) in [7, 11) is 3.25. The van der Waals surface area contributed by atoms with Gasteiger partial charge in [0, 0.05) is 17.8 Å². The van der Waals surface area contributed by atoms with E-state index in [0.717, 1.165) is 35.5 Å². The highest BCUT2D eigenvalue weighted by molar-refractivity contribution is 7.80. The molecule has 170 valence electrons. The van der Waals surface area contributed by atoms with Crippen LogP contribution in [-0.4, -0.2) is 36.6 Å². The van der Waals surface area contributed by atoms with E-state index in [0.29, 0.717) is 28.8 Å². The van der Waals surface area contributed by atoms with Crippen molar-refractivity contribution in [3.05, 3.63) is 64.9 Å². The third-order valence-corrected chi connectivity index (χ3v) is 5.84. The molecular formula is C25H30N2O4S. The number of carbonyl (C=O) groups is 1. The molecule has 0 radical (unpaired) electrons. The number of benzene rings is 2. The van der Waals surface area contributed by atoms with Crippen LogP contribution < -0.4 is 19.5 Å². The average molecular weight is 455 g/mol. The minimum Gasteiger partial charge on any atom is -0.497 e. The van der Waals surface area contributed by atoms with E-state index in [2.05, 4.69) is 12.2 Å². The fourth-order valence-corrected chi connectivity index (χ4v) is 4.19. The number of ketones is 1. The summed E-state index contributed by atoms with van der Waals surface area (Å²) >= 11 is 5.59. The molecule has 0 bridgehead atoms. The second kappa shape index (κ2) is 10.5. The topological polar surface area (TPSA) is 60.0 Å². The molecule has 0 spiro atoms. The lowest BCUT2D eigenvalue weighted by Gasteiger charge is -2.37. The minimum atomic E-state index is -0.336. The van der Waals surface area contributed by atoms with Gasteiger partial charge in [0.1, 0.15) is 12.4 Å². The Bertz CT molecular complexity index is 1020. The van der Waals surface area contributed by atoms with E-state index < -0.39 is 0 Å². The Labute approximate surface area is 195 Å². The van der Waals surface area contributed by atoms with Gasteiger partial charge < -0.3 is 24.4 Å². The summed E-state index contributed by atoms with van der Waals surface area (Å²) in [6.45, 7) is 6.80. The summed E-state index contributed by atoms with van der Waals surface area (Å²) < 4.78 is 16.8. The predicted molar refractivity (Wildman–Crippen MR) is 129 cm³/mol. The molecular weight excluding hydrogens is 424 g/mol. The number of nitrogens with one attached hydrogen (secondary N) is 1. The number of ether oxygens (including phenoxy) is 3. The van der Waals surface area contributed by atoms with Gasteiger partial charge >= 0.3 is 0 Å². The molecule has 3 rings (SSSR count). The minimum absolute atomic E-state index is 0.0161. The van der Waals surface area contributed by atoms with Gasteiger partial charge in [0.25, 0.3) is 0 Å². The van der Waals surface area contributed by atoms with E-state index in [9.17, 15) is 4.79 Å².